The van der Waals surface area contributed by atoms with Crippen LogP contribution in [0.15, 0.2) is 54.6 Å². The molecule has 32 heavy (non-hydrogen) atoms. The van der Waals surface area contributed by atoms with Gasteiger partial charge in [-0.25, -0.2) is 4.79 Å². The number of esters is 1. The maximum Gasteiger partial charge on any atom is 0.373 e. The molecule has 7 nitrogen and oxygen atoms in total. The van der Waals surface area contributed by atoms with Gasteiger partial charge in [-0.2, -0.15) is 9.59 Å². The van der Waals surface area contributed by atoms with Gasteiger partial charge < -0.3 is 19.9 Å². The third-order valence-corrected chi connectivity index (χ3v) is 5.37. The minimum atomic E-state index is -1.13. The topological polar surface area (TPSA) is 102 Å². The molecule has 7 heteroatoms. The lowest BCUT2D eigenvalue weighted by molar-refractivity contribution is -0.191. The molecule has 3 atom stereocenters. The Morgan fingerprint density at radius 1 is 0.969 bits per heavy atom. The van der Waals surface area contributed by atoms with Gasteiger partial charge in [-0.15, -0.1) is 0 Å². The van der Waals surface area contributed by atoms with Crippen molar-refractivity contribution in [1.29, 1.82) is 0 Å². The first-order valence-corrected chi connectivity index (χ1v) is 10.5. The van der Waals surface area contributed by atoms with Crippen molar-refractivity contribution < 1.29 is 29.0 Å². The van der Waals surface area contributed by atoms with Crippen molar-refractivity contribution in [3.63, 3.8) is 0 Å². The van der Waals surface area contributed by atoms with Crippen molar-refractivity contribution in [2.75, 3.05) is 12.4 Å². The SMILES string of the molecule is COc1ccc(NC(C(=O)OC(C)C)(C(C)C)C(C)[C@@H](O)c2ccccc2)cc1.O=C=O. The van der Waals surface area contributed by atoms with Gasteiger partial charge in [0.05, 0.1) is 19.3 Å². The molecule has 0 saturated heterocycles. The zero-order valence-electron chi connectivity index (χ0n) is 19.5. The summed E-state index contributed by atoms with van der Waals surface area (Å²) in [6, 6.07) is 16.8. The fourth-order valence-corrected chi connectivity index (χ4v) is 3.67. The predicted molar refractivity (Wildman–Crippen MR) is 121 cm³/mol. The van der Waals surface area contributed by atoms with Crippen molar-refractivity contribution in [1.82, 2.24) is 0 Å². The second kappa shape index (κ2) is 12.6. The summed E-state index contributed by atoms with van der Waals surface area (Å²) < 4.78 is 10.9. The summed E-state index contributed by atoms with van der Waals surface area (Å²) in [7, 11) is 1.61. The van der Waals surface area contributed by atoms with Crippen LogP contribution in [-0.4, -0.2) is 36.0 Å². The van der Waals surface area contributed by atoms with Gasteiger partial charge in [0.2, 0.25) is 0 Å². The third kappa shape index (κ3) is 6.67. The fourth-order valence-electron chi connectivity index (χ4n) is 3.67. The molecule has 2 unspecified atom stereocenters. The summed E-state index contributed by atoms with van der Waals surface area (Å²) >= 11 is 0. The van der Waals surface area contributed by atoms with E-state index in [-0.39, 0.29) is 24.1 Å². The van der Waals surface area contributed by atoms with Crippen LogP contribution in [0.3, 0.4) is 0 Å². The van der Waals surface area contributed by atoms with E-state index in [1.54, 1.807) is 7.11 Å². The van der Waals surface area contributed by atoms with E-state index >= 15 is 0 Å². The third-order valence-electron chi connectivity index (χ3n) is 5.37. The number of methoxy groups -OCH3 is 1. The molecule has 0 bridgehead atoms. The van der Waals surface area contributed by atoms with Crippen LogP contribution in [0.5, 0.6) is 5.75 Å². The molecule has 0 aliphatic rings. The molecule has 0 heterocycles. The van der Waals surface area contributed by atoms with E-state index in [4.69, 9.17) is 19.1 Å². The summed E-state index contributed by atoms with van der Waals surface area (Å²) in [4.78, 5) is 29.7. The summed E-state index contributed by atoms with van der Waals surface area (Å²) in [6.45, 7) is 9.47. The van der Waals surface area contributed by atoms with Crippen molar-refractivity contribution in [3.05, 3.63) is 60.2 Å². The minimum Gasteiger partial charge on any atom is -0.497 e. The Morgan fingerprint density at radius 2 is 1.50 bits per heavy atom. The molecule has 0 saturated carbocycles. The maximum absolute atomic E-state index is 13.4. The Balaban J connectivity index is 0.00000161. The molecule has 0 aliphatic heterocycles. The number of carbonyl (C=O) groups is 1. The number of rotatable bonds is 9. The lowest BCUT2D eigenvalue weighted by Crippen LogP contribution is -2.58. The largest absolute Gasteiger partial charge is 0.497 e. The number of hydrogen-bond acceptors (Lipinski definition) is 7. The van der Waals surface area contributed by atoms with Crippen LogP contribution in [0.2, 0.25) is 0 Å². The van der Waals surface area contributed by atoms with Crippen LogP contribution in [-0.2, 0) is 19.1 Å². The van der Waals surface area contributed by atoms with Gasteiger partial charge in [0.15, 0.2) is 0 Å². The van der Waals surface area contributed by atoms with Gasteiger partial charge in [-0.3, -0.25) is 0 Å². The monoisotopic (exact) mass is 443 g/mol. The number of aliphatic hydroxyl groups excluding tert-OH is 1. The summed E-state index contributed by atoms with van der Waals surface area (Å²) in [6.07, 6.45) is -0.858. The van der Waals surface area contributed by atoms with Crippen molar-refractivity contribution in [3.8, 4) is 5.75 Å². The lowest BCUT2D eigenvalue weighted by atomic mass is 9.72. The summed E-state index contributed by atoms with van der Waals surface area (Å²) in [5.74, 6) is -0.254. The number of hydrogen-bond donors (Lipinski definition) is 2. The number of carbonyl (C=O) groups excluding carboxylic acids is 3. The van der Waals surface area contributed by atoms with Crippen LogP contribution in [0.1, 0.15) is 46.3 Å². The molecule has 2 aromatic rings. The number of benzene rings is 2. The van der Waals surface area contributed by atoms with Crippen molar-refractivity contribution in [2.24, 2.45) is 11.8 Å². The Hall–Kier alpha value is -3.15. The highest BCUT2D eigenvalue weighted by Crippen LogP contribution is 2.39. The van der Waals surface area contributed by atoms with E-state index in [0.29, 0.717) is 0 Å². The molecule has 0 aromatic heterocycles. The number of ether oxygens (including phenoxy) is 2. The highest BCUT2D eigenvalue weighted by atomic mass is 16.5. The molecule has 2 rings (SSSR count). The second-order valence-electron chi connectivity index (χ2n) is 8.06. The van der Waals surface area contributed by atoms with Crippen LogP contribution in [0.4, 0.5) is 5.69 Å². The standard InChI is InChI=1S/C24H33NO4.CO2/c1-16(2)24(23(27)29-17(3)4,25-20-12-14-21(28-6)15-13-20)18(5)22(26)19-10-8-7-9-11-19;2-1-3/h7-18,22,25-26H,1-6H3;/t18?,22-,24?;/m1./s1. The van der Waals surface area contributed by atoms with E-state index in [1.807, 2.05) is 89.2 Å². The molecule has 2 aromatic carbocycles. The van der Waals surface area contributed by atoms with Gasteiger partial charge in [0.25, 0.3) is 0 Å². The second-order valence-corrected chi connectivity index (χ2v) is 8.06. The van der Waals surface area contributed by atoms with Crippen LogP contribution >= 0.6 is 0 Å². The molecule has 0 fully saturated rings. The van der Waals surface area contributed by atoms with Gasteiger partial charge in [-0.1, -0.05) is 51.1 Å². The van der Waals surface area contributed by atoms with Gasteiger partial charge in [-0.05, 0) is 49.6 Å². The summed E-state index contributed by atoms with van der Waals surface area (Å²) in [5.41, 5.74) is 0.389. The van der Waals surface area contributed by atoms with Gasteiger partial charge >= 0.3 is 12.1 Å². The number of nitrogens with one attached hydrogen (secondary N) is 1. The van der Waals surface area contributed by atoms with E-state index in [1.165, 1.54) is 0 Å². The highest BCUT2D eigenvalue weighted by molar-refractivity contribution is 5.86. The molecule has 0 radical (unpaired) electrons. The highest BCUT2D eigenvalue weighted by Gasteiger charge is 2.51. The fraction of sp³-hybridized carbons (Fsp3) is 0.440. The van der Waals surface area contributed by atoms with Gasteiger partial charge in [0.1, 0.15) is 11.3 Å². The summed E-state index contributed by atoms with van der Waals surface area (Å²) in [5, 5.41) is 14.6. The van der Waals surface area contributed by atoms with E-state index in [2.05, 4.69) is 5.32 Å². The zero-order chi connectivity index (χ0) is 24.3. The Bertz CT molecular complexity index is 860. The van der Waals surface area contributed by atoms with Crippen LogP contribution in [0, 0.1) is 11.8 Å². The van der Waals surface area contributed by atoms with E-state index in [9.17, 15) is 9.90 Å². The molecular formula is C25H33NO6. The molecule has 2 N–H and O–H groups in total. The first-order valence-electron chi connectivity index (χ1n) is 10.5. The maximum atomic E-state index is 13.4. The Morgan fingerprint density at radius 3 is 1.94 bits per heavy atom. The minimum absolute atomic E-state index is 0.149. The zero-order valence-corrected chi connectivity index (χ0v) is 19.5. The van der Waals surface area contributed by atoms with E-state index in [0.717, 1.165) is 17.0 Å². The molecule has 0 spiro atoms. The van der Waals surface area contributed by atoms with Crippen LogP contribution in [0.25, 0.3) is 0 Å². The molecule has 0 amide bonds. The number of anilines is 1. The average molecular weight is 444 g/mol. The predicted octanol–water partition coefficient (Wildman–Crippen LogP) is 4.24. The lowest BCUT2D eigenvalue weighted by Gasteiger charge is -2.44. The molecular weight excluding hydrogens is 410 g/mol. The molecule has 0 aliphatic carbocycles. The quantitative estimate of drug-likeness (QED) is 0.559. The first kappa shape index (κ1) is 26.9. The van der Waals surface area contributed by atoms with Crippen LogP contribution < -0.4 is 10.1 Å². The normalized spacial score (nSPS) is 14.3. The van der Waals surface area contributed by atoms with Gasteiger partial charge in [0, 0.05) is 11.6 Å². The Kier molecular flexibility index (Phi) is 10.6. The average Bonchev–Trinajstić information content (AvgIpc) is 2.77. The smallest absolute Gasteiger partial charge is 0.373 e. The van der Waals surface area contributed by atoms with Crippen molar-refractivity contribution >= 4 is 17.8 Å². The number of aliphatic hydroxyl groups is 1. The first-order chi connectivity index (χ1) is 15.1. The van der Waals surface area contributed by atoms with E-state index < -0.39 is 17.6 Å². The van der Waals surface area contributed by atoms with Crippen molar-refractivity contribution in [2.45, 2.75) is 52.4 Å². The molecule has 174 valence electrons. The Labute approximate surface area is 189 Å².